The van der Waals surface area contributed by atoms with Gasteiger partial charge in [-0.3, -0.25) is 14.2 Å². The number of anilines is 1. The second-order valence-electron chi connectivity index (χ2n) is 6.46. The standard InChI is InChI=1S/C21H19N3O3/c1-3-14-8-6-7-13(2)18(14)23-17(25)11-24-12-22-19-15-9-4-5-10-16(15)27-20(19)21(24)26/h4-10,12H,3,11H2,1-2H3,(H,23,25). The lowest BCUT2D eigenvalue weighted by molar-refractivity contribution is -0.116. The van der Waals surface area contributed by atoms with Crippen molar-refractivity contribution in [3.8, 4) is 0 Å². The van der Waals surface area contributed by atoms with E-state index in [4.69, 9.17) is 4.42 Å². The Morgan fingerprint density at radius 1 is 1.19 bits per heavy atom. The largest absolute Gasteiger partial charge is 0.448 e. The van der Waals surface area contributed by atoms with Crippen LogP contribution in [-0.4, -0.2) is 15.5 Å². The molecule has 1 N–H and O–H groups in total. The minimum absolute atomic E-state index is 0.129. The third-order valence-electron chi connectivity index (χ3n) is 4.67. The van der Waals surface area contributed by atoms with E-state index >= 15 is 0 Å². The number of hydrogen-bond donors (Lipinski definition) is 1. The third-order valence-corrected chi connectivity index (χ3v) is 4.67. The van der Waals surface area contributed by atoms with Crippen molar-refractivity contribution in [1.82, 2.24) is 9.55 Å². The van der Waals surface area contributed by atoms with Crippen LogP contribution in [0.5, 0.6) is 0 Å². The summed E-state index contributed by atoms with van der Waals surface area (Å²) >= 11 is 0. The van der Waals surface area contributed by atoms with Crippen LogP contribution in [0.15, 0.2) is 58.0 Å². The normalized spacial score (nSPS) is 11.2. The van der Waals surface area contributed by atoms with Crippen molar-refractivity contribution in [2.45, 2.75) is 26.8 Å². The molecule has 2 aromatic carbocycles. The Bertz CT molecular complexity index is 1220. The van der Waals surface area contributed by atoms with Gasteiger partial charge in [0.1, 0.15) is 17.6 Å². The van der Waals surface area contributed by atoms with Crippen molar-refractivity contribution in [3.63, 3.8) is 0 Å². The highest BCUT2D eigenvalue weighted by Crippen LogP contribution is 2.24. The molecule has 2 aromatic heterocycles. The number of carbonyl (C=O) groups is 1. The summed E-state index contributed by atoms with van der Waals surface area (Å²) in [6, 6.07) is 13.2. The molecule has 27 heavy (non-hydrogen) atoms. The number of fused-ring (bicyclic) bond motifs is 3. The van der Waals surface area contributed by atoms with Gasteiger partial charge < -0.3 is 9.73 Å². The summed E-state index contributed by atoms with van der Waals surface area (Å²) in [5.74, 6) is -0.279. The number of aromatic nitrogens is 2. The second kappa shape index (κ2) is 6.72. The molecule has 0 aliphatic carbocycles. The SMILES string of the molecule is CCc1cccc(C)c1NC(=O)Cn1cnc2c(oc3ccccc32)c1=O. The van der Waals surface area contributed by atoms with Crippen LogP contribution >= 0.6 is 0 Å². The van der Waals surface area contributed by atoms with E-state index in [9.17, 15) is 9.59 Å². The quantitative estimate of drug-likeness (QED) is 0.602. The van der Waals surface area contributed by atoms with E-state index in [1.54, 1.807) is 6.07 Å². The molecular weight excluding hydrogens is 342 g/mol. The van der Waals surface area contributed by atoms with E-state index in [1.165, 1.54) is 10.9 Å². The van der Waals surface area contributed by atoms with E-state index < -0.39 is 0 Å². The molecule has 6 heteroatoms. The fourth-order valence-corrected chi connectivity index (χ4v) is 3.26. The van der Waals surface area contributed by atoms with Gasteiger partial charge in [0.25, 0.3) is 5.56 Å². The smallest absolute Gasteiger partial charge is 0.297 e. The van der Waals surface area contributed by atoms with Crippen LogP contribution in [0.4, 0.5) is 5.69 Å². The fraction of sp³-hybridized carbons (Fsp3) is 0.190. The number of rotatable bonds is 4. The maximum atomic E-state index is 12.7. The summed E-state index contributed by atoms with van der Waals surface area (Å²) < 4.78 is 6.92. The number of carbonyl (C=O) groups excluding carboxylic acids is 1. The molecule has 0 fully saturated rings. The number of hydrogen-bond acceptors (Lipinski definition) is 4. The highest BCUT2D eigenvalue weighted by atomic mass is 16.3. The molecule has 0 atom stereocenters. The maximum Gasteiger partial charge on any atom is 0.297 e. The van der Waals surface area contributed by atoms with Gasteiger partial charge in [0.05, 0.1) is 6.33 Å². The number of furan rings is 1. The van der Waals surface area contributed by atoms with Crippen molar-refractivity contribution in [3.05, 3.63) is 70.3 Å². The molecule has 0 spiro atoms. The molecule has 6 nitrogen and oxygen atoms in total. The van der Waals surface area contributed by atoms with Crippen molar-refractivity contribution < 1.29 is 9.21 Å². The number of amides is 1. The van der Waals surface area contributed by atoms with Gasteiger partial charge in [-0.1, -0.05) is 37.3 Å². The predicted octanol–water partition coefficient (Wildman–Crippen LogP) is 3.65. The molecule has 4 aromatic rings. The first kappa shape index (κ1) is 17.0. The van der Waals surface area contributed by atoms with Crippen molar-refractivity contribution in [1.29, 1.82) is 0 Å². The van der Waals surface area contributed by atoms with Gasteiger partial charge in [-0.2, -0.15) is 0 Å². The monoisotopic (exact) mass is 361 g/mol. The molecule has 136 valence electrons. The lowest BCUT2D eigenvalue weighted by Crippen LogP contribution is -2.28. The zero-order valence-electron chi connectivity index (χ0n) is 15.2. The molecule has 1 amide bonds. The molecule has 0 saturated heterocycles. The van der Waals surface area contributed by atoms with Crippen LogP contribution in [0.1, 0.15) is 18.1 Å². The summed E-state index contributed by atoms with van der Waals surface area (Å²) in [5, 5.41) is 3.71. The molecule has 0 saturated carbocycles. The topological polar surface area (TPSA) is 77.1 Å². The Labute approximate surface area is 155 Å². The van der Waals surface area contributed by atoms with Crippen LogP contribution < -0.4 is 10.9 Å². The van der Waals surface area contributed by atoms with Crippen LogP contribution in [0, 0.1) is 6.92 Å². The zero-order valence-corrected chi connectivity index (χ0v) is 15.2. The van der Waals surface area contributed by atoms with Crippen molar-refractivity contribution >= 4 is 33.7 Å². The molecule has 0 aliphatic heterocycles. The number of nitrogens with zero attached hydrogens (tertiary/aromatic N) is 2. The van der Waals surface area contributed by atoms with E-state index in [0.717, 1.165) is 28.6 Å². The molecule has 0 unspecified atom stereocenters. The Balaban J connectivity index is 1.66. The van der Waals surface area contributed by atoms with Crippen LogP contribution in [0.3, 0.4) is 0 Å². The van der Waals surface area contributed by atoms with Gasteiger partial charge in [-0.15, -0.1) is 0 Å². The fourth-order valence-electron chi connectivity index (χ4n) is 3.26. The van der Waals surface area contributed by atoms with E-state index in [0.29, 0.717) is 11.1 Å². The minimum Gasteiger partial charge on any atom is -0.448 e. The summed E-state index contributed by atoms with van der Waals surface area (Å²) in [7, 11) is 0. The second-order valence-corrected chi connectivity index (χ2v) is 6.46. The summed E-state index contributed by atoms with van der Waals surface area (Å²) in [6.45, 7) is 3.85. The number of para-hydroxylation sites is 2. The van der Waals surface area contributed by atoms with Gasteiger partial charge >= 0.3 is 0 Å². The summed E-state index contributed by atoms with van der Waals surface area (Å²) in [4.78, 5) is 29.6. The Kier molecular flexibility index (Phi) is 4.24. The van der Waals surface area contributed by atoms with Gasteiger partial charge in [-0.25, -0.2) is 4.98 Å². The average molecular weight is 361 g/mol. The van der Waals surface area contributed by atoms with E-state index in [-0.39, 0.29) is 23.6 Å². The third kappa shape index (κ3) is 2.99. The maximum absolute atomic E-state index is 12.7. The van der Waals surface area contributed by atoms with Crippen LogP contribution in [0.25, 0.3) is 22.1 Å². The Morgan fingerprint density at radius 3 is 2.81 bits per heavy atom. The lowest BCUT2D eigenvalue weighted by atomic mass is 10.1. The van der Waals surface area contributed by atoms with Crippen molar-refractivity contribution in [2.24, 2.45) is 0 Å². The molecule has 0 bridgehead atoms. The lowest BCUT2D eigenvalue weighted by Gasteiger charge is -2.13. The summed E-state index contributed by atoms with van der Waals surface area (Å²) in [5.41, 5.74) is 3.76. The van der Waals surface area contributed by atoms with Crippen LogP contribution in [0.2, 0.25) is 0 Å². The van der Waals surface area contributed by atoms with Crippen LogP contribution in [-0.2, 0) is 17.8 Å². The van der Waals surface area contributed by atoms with E-state index in [1.807, 2.05) is 50.2 Å². The Morgan fingerprint density at radius 2 is 2.00 bits per heavy atom. The van der Waals surface area contributed by atoms with Gasteiger partial charge in [0.2, 0.25) is 11.5 Å². The van der Waals surface area contributed by atoms with E-state index in [2.05, 4.69) is 10.3 Å². The highest BCUT2D eigenvalue weighted by Gasteiger charge is 2.15. The van der Waals surface area contributed by atoms with Gasteiger partial charge in [-0.05, 0) is 36.6 Å². The Hall–Kier alpha value is -3.41. The first-order valence-electron chi connectivity index (χ1n) is 8.83. The van der Waals surface area contributed by atoms with Gasteiger partial charge in [0, 0.05) is 11.1 Å². The minimum atomic E-state index is -0.369. The predicted molar refractivity (Wildman–Crippen MR) is 105 cm³/mol. The number of nitrogens with one attached hydrogen (secondary N) is 1. The summed E-state index contributed by atoms with van der Waals surface area (Å²) in [6.07, 6.45) is 2.20. The molecule has 4 rings (SSSR count). The highest BCUT2D eigenvalue weighted by molar-refractivity contribution is 6.01. The average Bonchev–Trinajstić information content (AvgIpc) is 3.05. The first-order chi connectivity index (χ1) is 13.1. The number of aryl methyl sites for hydroxylation is 2. The molecule has 2 heterocycles. The first-order valence-corrected chi connectivity index (χ1v) is 8.83. The van der Waals surface area contributed by atoms with Crippen molar-refractivity contribution in [2.75, 3.05) is 5.32 Å². The zero-order chi connectivity index (χ0) is 19.0. The number of benzene rings is 2. The molecule has 0 aliphatic rings. The molecule has 0 radical (unpaired) electrons. The van der Waals surface area contributed by atoms with Gasteiger partial charge in [0.15, 0.2) is 0 Å². The molecular formula is C21H19N3O3.